The van der Waals surface area contributed by atoms with Crippen molar-refractivity contribution in [2.24, 2.45) is 0 Å². The van der Waals surface area contributed by atoms with E-state index in [2.05, 4.69) is 10.3 Å². The topological polar surface area (TPSA) is 82.5 Å². The number of thioether (sulfide) groups is 1. The van der Waals surface area contributed by atoms with Gasteiger partial charge in [-0.2, -0.15) is 11.8 Å². The largest absolute Gasteiger partial charge is 0.477 e. The Morgan fingerprint density at radius 2 is 2.32 bits per heavy atom. The molecule has 2 heterocycles. The third kappa shape index (κ3) is 3.37. The molecule has 2 N–H and O–H groups in total. The number of nitrogens with one attached hydrogen (secondary N) is 1. The Morgan fingerprint density at radius 1 is 1.53 bits per heavy atom. The molecular weight excluding hydrogens is 266 g/mol. The van der Waals surface area contributed by atoms with Crippen molar-refractivity contribution in [3.63, 3.8) is 0 Å². The number of hydrogen-bond acceptors (Lipinski definition) is 4. The molecule has 102 valence electrons. The number of aromatic nitrogens is 1. The number of nitrogens with zero attached hydrogens (tertiary/aromatic N) is 2. The van der Waals surface area contributed by atoms with Crippen LogP contribution in [0.2, 0.25) is 0 Å². The molecule has 1 saturated heterocycles. The molecule has 6 nitrogen and oxygen atoms in total. The summed E-state index contributed by atoms with van der Waals surface area (Å²) < 4.78 is 0. The first-order chi connectivity index (χ1) is 9.08. The van der Waals surface area contributed by atoms with Crippen molar-refractivity contribution >= 4 is 29.4 Å². The van der Waals surface area contributed by atoms with E-state index in [1.165, 1.54) is 18.3 Å². The first kappa shape index (κ1) is 13.7. The molecule has 1 aromatic rings. The lowest BCUT2D eigenvalue weighted by molar-refractivity contribution is 0.0690. The number of anilines is 1. The Labute approximate surface area is 115 Å². The van der Waals surface area contributed by atoms with Gasteiger partial charge < -0.3 is 15.3 Å². The number of hydrogen-bond donors (Lipinski definition) is 2. The van der Waals surface area contributed by atoms with Crippen molar-refractivity contribution in [2.45, 2.75) is 13.0 Å². The Morgan fingerprint density at radius 3 is 2.89 bits per heavy atom. The SMILES string of the molecule is CC1CSCCN1C(=O)Nc1ccc(C(=O)O)nc1. The van der Waals surface area contributed by atoms with Crippen LogP contribution in [0.3, 0.4) is 0 Å². The van der Waals surface area contributed by atoms with E-state index in [9.17, 15) is 9.59 Å². The van der Waals surface area contributed by atoms with E-state index in [4.69, 9.17) is 5.11 Å². The molecule has 7 heteroatoms. The second kappa shape index (κ2) is 5.92. The van der Waals surface area contributed by atoms with Gasteiger partial charge in [-0.05, 0) is 19.1 Å². The van der Waals surface area contributed by atoms with Crippen molar-refractivity contribution in [2.75, 3.05) is 23.4 Å². The molecule has 0 radical (unpaired) electrons. The monoisotopic (exact) mass is 281 g/mol. The zero-order chi connectivity index (χ0) is 13.8. The van der Waals surface area contributed by atoms with Crippen molar-refractivity contribution in [1.29, 1.82) is 0 Å². The van der Waals surface area contributed by atoms with Gasteiger partial charge in [-0.1, -0.05) is 0 Å². The highest BCUT2D eigenvalue weighted by atomic mass is 32.2. The minimum atomic E-state index is -1.08. The number of rotatable bonds is 2. The summed E-state index contributed by atoms with van der Waals surface area (Å²) >= 11 is 1.84. The van der Waals surface area contributed by atoms with Gasteiger partial charge in [0.05, 0.1) is 11.9 Å². The van der Waals surface area contributed by atoms with E-state index >= 15 is 0 Å². The van der Waals surface area contributed by atoms with E-state index in [1.807, 2.05) is 18.7 Å². The molecule has 2 amide bonds. The second-order valence-corrected chi connectivity index (χ2v) is 5.43. The maximum Gasteiger partial charge on any atom is 0.354 e. The van der Waals surface area contributed by atoms with E-state index in [0.29, 0.717) is 5.69 Å². The van der Waals surface area contributed by atoms with Crippen LogP contribution in [-0.4, -0.2) is 51.1 Å². The summed E-state index contributed by atoms with van der Waals surface area (Å²) in [6.45, 7) is 2.73. The number of carbonyl (C=O) groups is 2. The van der Waals surface area contributed by atoms with Crippen LogP contribution in [0, 0.1) is 0 Å². The molecule has 1 unspecified atom stereocenters. The molecule has 0 aliphatic carbocycles. The average Bonchev–Trinajstić information content (AvgIpc) is 2.39. The van der Waals surface area contributed by atoms with Gasteiger partial charge in [0.1, 0.15) is 5.69 Å². The molecule has 1 aliphatic rings. The zero-order valence-corrected chi connectivity index (χ0v) is 11.3. The van der Waals surface area contributed by atoms with Crippen LogP contribution >= 0.6 is 11.8 Å². The van der Waals surface area contributed by atoms with Crippen molar-refractivity contribution < 1.29 is 14.7 Å². The smallest absolute Gasteiger partial charge is 0.354 e. The molecule has 1 atom stereocenters. The quantitative estimate of drug-likeness (QED) is 0.863. The second-order valence-electron chi connectivity index (χ2n) is 4.28. The molecule has 0 spiro atoms. The number of pyridine rings is 1. The molecule has 2 rings (SSSR count). The van der Waals surface area contributed by atoms with Gasteiger partial charge in [0.15, 0.2) is 0 Å². The van der Waals surface area contributed by atoms with E-state index < -0.39 is 5.97 Å². The normalized spacial score (nSPS) is 19.0. The zero-order valence-electron chi connectivity index (χ0n) is 10.5. The highest BCUT2D eigenvalue weighted by Gasteiger charge is 2.23. The third-order valence-electron chi connectivity index (χ3n) is 2.86. The maximum atomic E-state index is 12.1. The van der Waals surface area contributed by atoms with Gasteiger partial charge in [0.2, 0.25) is 0 Å². The number of carboxylic acid groups (broad SMARTS) is 1. The first-order valence-electron chi connectivity index (χ1n) is 5.92. The van der Waals surface area contributed by atoms with E-state index in [-0.39, 0.29) is 17.8 Å². The molecule has 1 fully saturated rings. The van der Waals surface area contributed by atoms with Gasteiger partial charge in [-0.25, -0.2) is 14.6 Å². The summed E-state index contributed by atoms with van der Waals surface area (Å²) in [5.74, 6) is 0.789. The number of aromatic carboxylic acids is 1. The minimum Gasteiger partial charge on any atom is -0.477 e. The predicted molar refractivity (Wildman–Crippen MR) is 73.7 cm³/mol. The summed E-state index contributed by atoms with van der Waals surface area (Å²) in [7, 11) is 0. The molecule has 0 saturated carbocycles. The fraction of sp³-hybridized carbons (Fsp3) is 0.417. The summed E-state index contributed by atoms with van der Waals surface area (Å²) in [5.41, 5.74) is 0.459. The van der Waals surface area contributed by atoms with Crippen molar-refractivity contribution in [1.82, 2.24) is 9.88 Å². The Kier molecular flexibility index (Phi) is 4.26. The number of carbonyl (C=O) groups excluding carboxylic acids is 1. The van der Waals surface area contributed by atoms with Crippen LogP contribution < -0.4 is 5.32 Å². The van der Waals surface area contributed by atoms with Gasteiger partial charge in [-0.15, -0.1) is 0 Å². The highest BCUT2D eigenvalue weighted by Crippen LogP contribution is 2.17. The van der Waals surface area contributed by atoms with E-state index in [0.717, 1.165) is 18.1 Å². The van der Waals surface area contributed by atoms with Gasteiger partial charge in [-0.3, -0.25) is 0 Å². The van der Waals surface area contributed by atoms with Crippen LogP contribution in [0.5, 0.6) is 0 Å². The summed E-state index contributed by atoms with van der Waals surface area (Å²) in [6.07, 6.45) is 1.35. The van der Waals surface area contributed by atoms with Crippen LogP contribution in [0.4, 0.5) is 10.5 Å². The lowest BCUT2D eigenvalue weighted by Gasteiger charge is -2.32. The Hall–Kier alpha value is -1.76. The van der Waals surface area contributed by atoms with Crippen LogP contribution in [0.15, 0.2) is 18.3 Å². The Balaban J connectivity index is 2.00. The lowest BCUT2D eigenvalue weighted by Crippen LogP contribution is -2.46. The fourth-order valence-corrected chi connectivity index (χ4v) is 2.83. The average molecular weight is 281 g/mol. The van der Waals surface area contributed by atoms with Crippen molar-refractivity contribution in [3.8, 4) is 0 Å². The summed E-state index contributed by atoms with van der Waals surface area (Å²) in [6, 6.07) is 2.94. The summed E-state index contributed by atoms with van der Waals surface area (Å²) in [5, 5.41) is 11.5. The number of amides is 2. The van der Waals surface area contributed by atoms with E-state index in [1.54, 1.807) is 4.90 Å². The lowest BCUT2D eigenvalue weighted by atomic mass is 10.3. The summed E-state index contributed by atoms with van der Waals surface area (Å²) in [4.78, 5) is 28.3. The predicted octanol–water partition coefficient (Wildman–Crippen LogP) is 1.75. The standard InChI is InChI=1S/C12H15N3O3S/c1-8-7-19-5-4-15(8)12(18)14-9-2-3-10(11(16)17)13-6-9/h2-3,6,8H,4-5,7H2,1H3,(H,14,18)(H,16,17). The molecule has 1 aromatic heterocycles. The highest BCUT2D eigenvalue weighted by molar-refractivity contribution is 7.99. The minimum absolute atomic E-state index is 0.0410. The number of carboxylic acids is 1. The molecule has 19 heavy (non-hydrogen) atoms. The van der Waals surface area contributed by atoms with Crippen LogP contribution in [0.1, 0.15) is 17.4 Å². The van der Waals surface area contributed by atoms with Crippen LogP contribution in [0.25, 0.3) is 0 Å². The molecule has 0 aromatic carbocycles. The molecule has 0 bridgehead atoms. The number of urea groups is 1. The van der Waals surface area contributed by atoms with Crippen LogP contribution in [-0.2, 0) is 0 Å². The maximum absolute atomic E-state index is 12.1. The first-order valence-corrected chi connectivity index (χ1v) is 7.08. The van der Waals surface area contributed by atoms with Gasteiger partial charge >= 0.3 is 12.0 Å². The van der Waals surface area contributed by atoms with Gasteiger partial charge in [0, 0.05) is 24.1 Å². The fourth-order valence-electron chi connectivity index (χ4n) is 1.82. The van der Waals surface area contributed by atoms with Crippen molar-refractivity contribution in [3.05, 3.63) is 24.0 Å². The molecular formula is C12H15N3O3S. The Bertz CT molecular complexity index is 478. The third-order valence-corrected chi connectivity index (χ3v) is 4.05. The molecule has 1 aliphatic heterocycles. The van der Waals surface area contributed by atoms with Gasteiger partial charge in [0.25, 0.3) is 0 Å².